The largest absolute Gasteiger partial charge is 0.493 e. The summed E-state index contributed by atoms with van der Waals surface area (Å²) < 4.78 is 11.8. The van der Waals surface area contributed by atoms with E-state index in [1.165, 1.54) is 12.8 Å². The predicted molar refractivity (Wildman–Crippen MR) is 122 cm³/mol. The van der Waals surface area contributed by atoms with E-state index in [0.717, 1.165) is 24.1 Å². The van der Waals surface area contributed by atoms with Crippen LogP contribution in [0.5, 0.6) is 11.5 Å². The molecule has 7 nitrogen and oxygen atoms in total. The minimum absolute atomic E-state index is 0.0313. The second kappa shape index (κ2) is 8.43. The molecule has 2 aromatic rings. The maximum atomic E-state index is 13.2. The maximum absolute atomic E-state index is 13.2. The van der Waals surface area contributed by atoms with Gasteiger partial charge in [0, 0.05) is 30.4 Å². The van der Waals surface area contributed by atoms with Crippen LogP contribution in [0.25, 0.3) is 0 Å². The number of fused-ring (bicyclic) bond motifs is 2. The summed E-state index contributed by atoms with van der Waals surface area (Å²) in [5, 5.41) is 12.2. The van der Waals surface area contributed by atoms with Gasteiger partial charge in [0.2, 0.25) is 5.91 Å². The van der Waals surface area contributed by atoms with Crippen molar-refractivity contribution in [3.8, 4) is 17.6 Å². The summed E-state index contributed by atoms with van der Waals surface area (Å²) in [6.45, 7) is 0.927. The van der Waals surface area contributed by atoms with Gasteiger partial charge < -0.3 is 19.7 Å². The topological polar surface area (TPSA) is 91.7 Å². The average Bonchev–Trinajstić information content (AvgIpc) is 3.45. The van der Waals surface area contributed by atoms with Crippen LogP contribution in [-0.2, 0) is 10.2 Å². The van der Waals surface area contributed by atoms with Crippen molar-refractivity contribution in [1.29, 1.82) is 5.26 Å². The fourth-order valence-electron chi connectivity index (χ4n) is 5.35. The van der Waals surface area contributed by atoms with E-state index in [1.54, 1.807) is 36.3 Å². The Balaban J connectivity index is 1.37. The first kappa shape index (κ1) is 21.3. The molecular formula is C26H27N3O4. The molecule has 33 heavy (non-hydrogen) atoms. The molecule has 2 fully saturated rings. The molecule has 7 heteroatoms. The van der Waals surface area contributed by atoms with E-state index in [2.05, 4.69) is 11.4 Å². The number of nitrogens with one attached hydrogen (secondary N) is 1. The van der Waals surface area contributed by atoms with Crippen molar-refractivity contribution in [3.05, 3.63) is 53.1 Å². The Labute approximate surface area is 193 Å². The molecule has 2 aromatic carbocycles. The fourth-order valence-corrected chi connectivity index (χ4v) is 5.35. The van der Waals surface area contributed by atoms with Crippen molar-refractivity contribution < 1.29 is 19.1 Å². The monoisotopic (exact) mass is 445 g/mol. The number of hydrogen-bond acceptors (Lipinski definition) is 5. The van der Waals surface area contributed by atoms with Gasteiger partial charge in [0.05, 0.1) is 30.3 Å². The molecule has 2 heterocycles. The smallest absolute Gasteiger partial charge is 0.253 e. The lowest BCUT2D eigenvalue weighted by Gasteiger charge is -2.38. The number of anilines is 1. The van der Waals surface area contributed by atoms with Crippen LogP contribution in [0.1, 0.15) is 60.0 Å². The van der Waals surface area contributed by atoms with Crippen LogP contribution < -0.4 is 14.8 Å². The Morgan fingerprint density at radius 3 is 2.61 bits per heavy atom. The zero-order valence-corrected chi connectivity index (χ0v) is 18.7. The molecule has 170 valence electrons. The Morgan fingerprint density at radius 2 is 1.91 bits per heavy atom. The van der Waals surface area contributed by atoms with Gasteiger partial charge in [-0.3, -0.25) is 9.59 Å². The number of benzene rings is 2. The molecule has 1 N–H and O–H groups in total. The van der Waals surface area contributed by atoms with Gasteiger partial charge in [-0.15, -0.1) is 0 Å². The molecule has 5 rings (SSSR count). The maximum Gasteiger partial charge on any atom is 0.253 e. The molecular weight excluding hydrogens is 418 g/mol. The second-order valence-electron chi connectivity index (χ2n) is 9.09. The third-order valence-electron chi connectivity index (χ3n) is 7.24. The number of hydrogen-bond donors (Lipinski definition) is 1. The standard InChI is InChI=1S/C26H27N3O4/c1-32-22-14-20-21(15-23(22)33-19-7-2-3-8-19)28-25(31)26(20)9-11-29(12-10-26)24(30)18-6-4-5-17(13-18)16-27/h4-6,13-15,19H,2-3,7-12H2,1H3,(H,28,31). The van der Waals surface area contributed by atoms with Crippen LogP contribution in [0, 0.1) is 11.3 Å². The minimum Gasteiger partial charge on any atom is -0.493 e. The lowest BCUT2D eigenvalue weighted by molar-refractivity contribution is -0.122. The molecule has 0 atom stereocenters. The average molecular weight is 446 g/mol. The van der Waals surface area contributed by atoms with E-state index in [4.69, 9.17) is 14.7 Å². The molecule has 2 aliphatic heterocycles. The quantitative estimate of drug-likeness (QED) is 0.768. The number of methoxy groups -OCH3 is 1. The number of carbonyl (C=O) groups is 2. The Hall–Kier alpha value is -3.53. The summed E-state index contributed by atoms with van der Waals surface area (Å²) in [7, 11) is 1.62. The summed E-state index contributed by atoms with van der Waals surface area (Å²) in [6.07, 6.45) is 5.68. The number of amides is 2. The number of nitrogens with zero attached hydrogens (tertiary/aromatic N) is 2. The molecule has 1 spiro atoms. The van der Waals surface area contributed by atoms with Crippen LogP contribution in [0.4, 0.5) is 5.69 Å². The first-order valence-electron chi connectivity index (χ1n) is 11.5. The lowest BCUT2D eigenvalue weighted by atomic mass is 9.73. The number of likely N-dealkylation sites (tertiary alicyclic amines) is 1. The summed E-state index contributed by atoms with van der Waals surface area (Å²) >= 11 is 0. The van der Waals surface area contributed by atoms with Gasteiger partial charge in [-0.05, 0) is 68.4 Å². The molecule has 0 bridgehead atoms. The van der Waals surface area contributed by atoms with Crippen LogP contribution >= 0.6 is 0 Å². The van der Waals surface area contributed by atoms with E-state index in [-0.39, 0.29) is 17.9 Å². The molecule has 1 saturated heterocycles. The van der Waals surface area contributed by atoms with Crippen LogP contribution in [0.3, 0.4) is 0 Å². The summed E-state index contributed by atoms with van der Waals surface area (Å²) in [4.78, 5) is 27.9. The zero-order chi connectivity index (χ0) is 23.0. The molecule has 0 aromatic heterocycles. The van der Waals surface area contributed by atoms with Crippen molar-refractivity contribution >= 4 is 17.5 Å². The first-order valence-corrected chi connectivity index (χ1v) is 11.5. The molecule has 1 aliphatic carbocycles. The summed E-state index contributed by atoms with van der Waals surface area (Å²) in [5.74, 6) is 1.17. The number of ether oxygens (including phenoxy) is 2. The van der Waals surface area contributed by atoms with Gasteiger partial charge in [0.15, 0.2) is 11.5 Å². The molecule has 2 amide bonds. The number of rotatable bonds is 4. The van der Waals surface area contributed by atoms with Crippen molar-refractivity contribution in [2.45, 2.75) is 50.0 Å². The highest BCUT2D eigenvalue weighted by Gasteiger charge is 2.49. The SMILES string of the molecule is COc1cc2c(cc1OC1CCCC1)NC(=O)C21CCN(C(=O)c2cccc(C#N)c2)CC1. The van der Waals surface area contributed by atoms with Crippen LogP contribution in [0.2, 0.25) is 0 Å². The third-order valence-corrected chi connectivity index (χ3v) is 7.24. The Kier molecular flexibility index (Phi) is 5.45. The Bertz CT molecular complexity index is 1140. The Morgan fingerprint density at radius 1 is 1.15 bits per heavy atom. The first-order chi connectivity index (χ1) is 16.0. The second-order valence-corrected chi connectivity index (χ2v) is 9.09. The summed E-state index contributed by atoms with van der Waals surface area (Å²) in [5.41, 5.74) is 1.97. The van der Waals surface area contributed by atoms with Crippen LogP contribution in [0.15, 0.2) is 36.4 Å². The van der Waals surface area contributed by atoms with Crippen molar-refractivity contribution in [2.24, 2.45) is 0 Å². The number of nitriles is 1. The van der Waals surface area contributed by atoms with E-state index in [1.807, 2.05) is 12.1 Å². The van der Waals surface area contributed by atoms with Gasteiger partial charge in [0.25, 0.3) is 5.91 Å². The highest BCUT2D eigenvalue weighted by atomic mass is 16.5. The van der Waals surface area contributed by atoms with Crippen molar-refractivity contribution in [3.63, 3.8) is 0 Å². The molecule has 3 aliphatic rings. The van der Waals surface area contributed by atoms with E-state index < -0.39 is 5.41 Å². The van der Waals surface area contributed by atoms with Crippen molar-refractivity contribution in [1.82, 2.24) is 4.90 Å². The lowest BCUT2D eigenvalue weighted by Crippen LogP contribution is -2.48. The van der Waals surface area contributed by atoms with E-state index in [9.17, 15) is 9.59 Å². The molecule has 0 unspecified atom stereocenters. The number of piperidine rings is 1. The third kappa shape index (κ3) is 3.70. The van der Waals surface area contributed by atoms with Gasteiger partial charge in [-0.1, -0.05) is 6.07 Å². The zero-order valence-electron chi connectivity index (χ0n) is 18.7. The molecule has 1 saturated carbocycles. The summed E-state index contributed by atoms with van der Waals surface area (Å²) in [6, 6.07) is 12.6. The molecule has 0 radical (unpaired) electrons. The van der Waals surface area contributed by atoms with E-state index in [0.29, 0.717) is 48.6 Å². The van der Waals surface area contributed by atoms with Gasteiger partial charge in [0.1, 0.15) is 0 Å². The van der Waals surface area contributed by atoms with Crippen molar-refractivity contribution in [2.75, 3.05) is 25.5 Å². The van der Waals surface area contributed by atoms with E-state index >= 15 is 0 Å². The minimum atomic E-state index is -0.681. The highest BCUT2D eigenvalue weighted by Crippen LogP contribution is 2.49. The highest BCUT2D eigenvalue weighted by molar-refractivity contribution is 6.07. The van der Waals surface area contributed by atoms with Gasteiger partial charge in [-0.25, -0.2) is 0 Å². The van der Waals surface area contributed by atoms with Gasteiger partial charge in [-0.2, -0.15) is 5.26 Å². The normalized spacial score (nSPS) is 19.2. The number of carbonyl (C=O) groups excluding carboxylic acids is 2. The fraction of sp³-hybridized carbons (Fsp3) is 0.423. The van der Waals surface area contributed by atoms with Gasteiger partial charge >= 0.3 is 0 Å². The predicted octanol–water partition coefficient (Wildman–Crippen LogP) is 4.01. The van der Waals surface area contributed by atoms with Crippen LogP contribution in [-0.4, -0.2) is 43.0 Å².